The van der Waals surface area contributed by atoms with Crippen LogP contribution in [0.4, 0.5) is 21.9 Å². The monoisotopic (exact) mass is 382 g/mol. The van der Waals surface area contributed by atoms with Crippen molar-refractivity contribution in [2.75, 3.05) is 10.6 Å². The van der Waals surface area contributed by atoms with Gasteiger partial charge in [-0.1, -0.05) is 37.3 Å². The van der Waals surface area contributed by atoms with Gasteiger partial charge in [-0.15, -0.1) is 21.5 Å². The Balaban J connectivity index is 1.69. The van der Waals surface area contributed by atoms with Gasteiger partial charge in [-0.25, -0.2) is 9.97 Å². The number of para-hydroxylation sites is 1. The summed E-state index contributed by atoms with van der Waals surface area (Å²) >= 11 is 3.15. The first-order valence-electron chi connectivity index (χ1n) is 8.28. The largest absolute Gasteiger partial charge is 0.314 e. The standard InChI is InChI=1S/C18H18N6S2/c1-10(2)14-11(3)15(21-17-19-8-9-25-17)23-24-16(14)22-18-20-12-6-4-5-7-13(12)26-18/h4-10H,1-3H3,(H,19,21,23)(H,20,22,24). The molecule has 4 aromatic rings. The van der Waals surface area contributed by atoms with Crippen LogP contribution in [0.1, 0.15) is 30.9 Å². The minimum atomic E-state index is 0.291. The summed E-state index contributed by atoms with van der Waals surface area (Å²) < 4.78 is 1.15. The van der Waals surface area contributed by atoms with Gasteiger partial charge >= 0.3 is 0 Å². The quantitative estimate of drug-likeness (QED) is 0.477. The van der Waals surface area contributed by atoms with E-state index in [1.165, 1.54) is 11.3 Å². The third-order valence-electron chi connectivity index (χ3n) is 4.02. The molecule has 6 nitrogen and oxygen atoms in total. The van der Waals surface area contributed by atoms with E-state index in [0.29, 0.717) is 5.92 Å². The van der Waals surface area contributed by atoms with Crippen molar-refractivity contribution in [3.63, 3.8) is 0 Å². The molecule has 0 radical (unpaired) electrons. The van der Waals surface area contributed by atoms with Gasteiger partial charge in [-0.2, -0.15) is 0 Å². The highest BCUT2D eigenvalue weighted by molar-refractivity contribution is 7.22. The maximum absolute atomic E-state index is 4.64. The van der Waals surface area contributed by atoms with Gasteiger partial charge in [0.25, 0.3) is 0 Å². The molecule has 0 aliphatic rings. The number of anilines is 4. The van der Waals surface area contributed by atoms with Crippen molar-refractivity contribution in [1.29, 1.82) is 0 Å². The van der Waals surface area contributed by atoms with E-state index in [1.807, 2.05) is 23.6 Å². The molecule has 0 unspecified atom stereocenters. The maximum atomic E-state index is 4.64. The van der Waals surface area contributed by atoms with Crippen LogP contribution in [0.2, 0.25) is 0 Å². The SMILES string of the molecule is Cc1c(Nc2nccs2)nnc(Nc2nc3ccccc3s2)c1C(C)C. The van der Waals surface area contributed by atoms with Gasteiger partial charge in [-0.05, 0) is 25.0 Å². The first-order chi connectivity index (χ1) is 12.6. The molecule has 1 aromatic carbocycles. The highest BCUT2D eigenvalue weighted by Gasteiger charge is 2.18. The van der Waals surface area contributed by atoms with Crippen LogP contribution in [-0.4, -0.2) is 20.2 Å². The van der Waals surface area contributed by atoms with E-state index in [4.69, 9.17) is 0 Å². The lowest BCUT2D eigenvalue weighted by molar-refractivity contribution is 0.836. The zero-order valence-electron chi connectivity index (χ0n) is 14.6. The van der Waals surface area contributed by atoms with E-state index in [1.54, 1.807) is 17.5 Å². The topological polar surface area (TPSA) is 75.6 Å². The van der Waals surface area contributed by atoms with Crippen LogP contribution in [0.5, 0.6) is 0 Å². The van der Waals surface area contributed by atoms with E-state index in [9.17, 15) is 0 Å². The minimum absolute atomic E-state index is 0.291. The highest BCUT2D eigenvalue weighted by Crippen LogP contribution is 2.34. The Morgan fingerprint density at radius 3 is 2.50 bits per heavy atom. The van der Waals surface area contributed by atoms with Gasteiger partial charge in [0.1, 0.15) is 0 Å². The lowest BCUT2D eigenvalue weighted by Gasteiger charge is -2.17. The minimum Gasteiger partial charge on any atom is -0.314 e. The van der Waals surface area contributed by atoms with Crippen molar-refractivity contribution in [2.45, 2.75) is 26.7 Å². The Kier molecular flexibility index (Phi) is 4.52. The van der Waals surface area contributed by atoms with Crippen molar-refractivity contribution in [1.82, 2.24) is 20.2 Å². The van der Waals surface area contributed by atoms with Crippen LogP contribution < -0.4 is 10.6 Å². The first-order valence-corrected chi connectivity index (χ1v) is 9.97. The van der Waals surface area contributed by atoms with Crippen molar-refractivity contribution in [3.05, 3.63) is 47.0 Å². The molecule has 0 aliphatic heterocycles. The molecular weight excluding hydrogens is 364 g/mol. The fraction of sp³-hybridized carbons (Fsp3) is 0.222. The number of benzene rings is 1. The fourth-order valence-electron chi connectivity index (χ4n) is 2.86. The summed E-state index contributed by atoms with van der Waals surface area (Å²) in [6, 6.07) is 8.10. The first kappa shape index (κ1) is 16.9. The third kappa shape index (κ3) is 3.25. The smallest absolute Gasteiger partial charge is 0.189 e. The zero-order valence-corrected chi connectivity index (χ0v) is 16.3. The Bertz CT molecular complexity index is 1010. The average Bonchev–Trinajstić information content (AvgIpc) is 3.26. The van der Waals surface area contributed by atoms with E-state index in [0.717, 1.165) is 43.2 Å². The molecule has 0 fully saturated rings. The van der Waals surface area contributed by atoms with Crippen LogP contribution in [-0.2, 0) is 0 Å². The van der Waals surface area contributed by atoms with Gasteiger partial charge in [0.2, 0.25) is 0 Å². The summed E-state index contributed by atoms with van der Waals surface area (Å²) in [5.41, 5.74) is 3.17. The van der Waals surface area contributed by atoms with Gasteiger partial charge in [0.15, 0.2) is 21.9 Å². The van der Waals surface area contributed by atoms with Gasteiger partial charge < -0.3 is 10.6 Å². The summed E-state index contributed by atoms with van der Waals surface area (Å²) in [5, 5.41) is 19.0. The molecule has 0 bridgehead atoms. The molecule has 26 heavy (non-hydrogen) atoms. The van der Waals surface area contributed by atoms with Crippen LogP contribution in [0, 0.1) is 6.92 Å². The Morgan fingerprint density at radius 1 is 1.00 bits per heavy atom. The molecule has 8 heteroatoms. The summed E-state index contributed by atoms with van der Waals surface area (Å²) in [5.74, 6) is 1.78. The summed E-state index contributed by atoms with van der Waals surface area (Å²) in [6.45, 7) is 6.37. The number of nitrogens with one attached hydrogen (secondary N) is 2. The van der Waals surface area contributed by atoms with E-state index in [2.05, 4.69) is 57.6 Å². The Labute approximate surface area is 159 Å². The van der Waals surface area contributed by atoms with Crippen LogP contribution >= 0.6 is 22.7 Å². The number of nitrogens with zero attached hydrogens (tertiary/aromatic N) is 4. The van der Waals surface area contributed by atoms with Crippen molar-refractivity contribution in [2.24, 2.45) is 0 Å². The predicted octanol–water partition coefficient (Wildman–Crippen LogP) is 5.46. The third-order valence-corrected chi connectivity index (χ3v) is 5.66. The lowest BCUT2D eigenvalue weighted by Crippen LogP contribution is -2.08. The fourth-order valence-corrected chi connectivity index (χ4v) is 4.26. The lowest BCUT2D eigenvalue weighted by atomic mass is 9.99. The van der Waals surface area contributed by atoms with Gasteiger partial charge in [0, 0.05) is 22.7 Å². The van der Waals surface area contributed by atoms with Crippen LogP contribution in [0.3, 0.4) is 0 Å². The second kappa shape index (κ2) is 6.97. The molecule has 4 rings (SSSR count). The second-order valence-corrected chi connectivity index (χ2v) is 8.09. The molecule has 0 atom stereocenters. The molecule has 0 saturated carbocycles. The number of aromatic nitrogens is 4. The number of rotatable bonds is 5. The van der Waals surface area contributed by atoms with Gasteiger partial charge in [-0.3, -0.25) is 0 Å². The summed E-state index contributed by atoms with van der Waals surface area (Å²) in [7, 11) is 0. The molecule has 3 aromatic heterocycles. The summed E-state index contributed by atoms with van der Waals surface area (Å²) in [6.07, 6.45) is 1.77. The van der Waals surface area contributed by atoms with Crippen molar-refractivity contribution >= 4 is 54.8 Å². The van der Waals surface area contributed by atoms with Gasteiger partial charge in [0.05, 0.1) is 10.2 Å². The predicted molar refractivity (Wildman–Crippen MR) is 109 cm³/mol. The Hall–Kier alpha value is -2.58. The van der Waals surface area contributed by atoms with Crippen molar-refractivity contribution in [3.8, 4) is 0 Å². The Morgan fingerprint density at radius 2 is 1.77 bits per heavy atom. The number of thiazole rings is 2. The average molecular weight is 383 g/mol. The number of hydrogen-bond donors (Lipinski definition) is 2. The molecule has 0 saturated heterocycles. The van der Waals surface area contributed by atoms with E-state index in [-0.39, 0.29) is 0 Å². The van der Waals surface area contributed by atoms with Crippen molar-refractivity contribution < 1.29 is 0 Å². The highest BCUT2D eigenvalue weighted by atomic mass is 32.1. The van der Waals surface area contributed by atoms with E-state index >= 15 is 0 Å². The molecule has 132 valence electrons. The molecule has 0 aliphatic carbocycles. The second-order valence-electron chi connectivity index (χ2n) is 6.16. The van der Waals surface area contributed by atoms with E-state index < -0.39 is 0 Å². The molecule has 3 heterocycles. The normalized spacial score (nSPS) is 11.2. The van der Waals surface area contributed by atoms with Crippen LogP contribution in [0.15, 0.2) is 35.8 Å². The molecular formula is C18H18N6S2. The number of hydrogen-bond acceptors (Lipinski definition) is 8. The number of fused-ring (bicyclic) bond motifs is 1. The van der Waals surface area contributed by atoms with Crippen LogP contribution in [0.25, 0.3) is 10.2 Å². The molecule has 0 amide bonds. The maximum Gasteiger partial charge on any atom is 0.189 e. The zero-order chi connectivity index (χ0) is 18.1. The molecule has 2 N–H and O–H groups in total. The summed E-state index contributed by atoms with van der Waals surface area (Å²) in [4.78, 5) is 8.89. The molecule has 0 spiro atoms.